The molecule has 0 aliphatic heterocycles. The van der Waals surface area contributed by atoms with Crippen molar-refractivity contribution >= 4 is 22.7 Å². The number of aromatic nitrogens is 3. The lowest BCUT2D eigenvalue weighted by Crippen LogP contribution is -1.98. The summed E-state index contributed by atoms with van der Waals surface area (Å²) < 4.78 is 0. The van der Waals surface area contributed by atoms with Crippen LogP contribution in [-0.4, -0.2) is 20.1 Å². The third-order valence-corrected chi connectivity index (χ3v) is 4.20. The maximum absolute atomic E-state index is 9.76. The van der Waals surface area contributed by atoms with Gasteiger partial charge < -0.3 is 5.11 Å². The van der Waals surface area contributed by atoms with Gasteiger partial charge in [-0.1, -0.05) is 36.9 Å². The molecule has 3 aromatic rings. The van der Waals surface area contributed by atoms with Crippen molar-refractivity contribution in [1.29, 1.82) is 0 Å². The van der Waals surface area contributed by atoms with Crippen molar-refractivity contribution in [3.8, 4) is 0 Å². The zero-order chi connectivity index (χ0) is 14.7. The zero-order valence-electron chi connectivity index (χ0n) is 11.6. The highest BCUT2D eigenvalue weighted by Gasteiger charge is 2.08. The highest BCUT2D eigenvalue weighted by Crippen LogP contribution is 2.30. The summed E-state index contributed by atoms with van der Waals surface area (Å²) in [7, 11) is 0. The molecule has 0 fully saturated rings. The van der Waals surface area contributed by atoms with Crippen LogP contribution in [0, 0.1) is 0 Å². The number of para-hydroxylation sites is 1. The SMILES string of the molecule is CC[C@H](O)c1ccc(Sc2ncnc3ccccc23)cn1. The maximum atomic E-state index is 9.76. The van der Waals surface area contributed by atoms with Gasteiger partial charge in [-0.15, -0.1) is 0 Å². The zero-order valence-corrected chi connectivity index (χ0v) is 12.4. The molecule has 0 saturated carbocycles. The Labute approximate surface area is 127 Å². The number of rotatable bonds is 4. The van der Waals surface area contributed by atoms with E-state index in [1.165, 1.54) is 0 Å². The van der Waals surface area contributed by atoms with Gasteiger partial charge in [-0.05, 0) is 24.6 Å². The molecule has 106 valence electrons. The minimum absolute atomic E-state index is 0.496. The monoisotopic (exact) mass is 297 g/mol. The number of hydrogen-bond acceptors (Lipinski definition) is 5. The van der Waals surface area contributed by atoms with Crippen molar-refractivity contribution in [2.75, 3.05) is 0 Å². The molecule has 0 saturated heterocycles. The minimum Gasteiger partial charge on any atom is -0.387 e. The summed E-state index contributed by atoms with van der Waals surface area (Å²) in [6, 6.07) is 11.8. The van der Waals surface area contributed by atoms with Crippen molar-refractivity contribution in [2.24, 2.45) is 0 Å². The van der Waals surface area contributed by atoms with E-state index in [1.807, 2.05) is 43.3 Å². The van der Waals surface area contributed by atoms with Crippen LogP contribution in [-0.2, 0) is 0 Å². The van der Waals surface area contributed by atoms with Crippen molar-refractivity contribution < 1.29 is 5.11 Å². The van der Waals surface area contributed by atoms with E-state index in [0.29, 0.717) is 12.1 Å². The summed E-state index contributed by atoms with van der Waals surface area (Å²) >= 11 is 1.55. The molecule has 0 bridgehead atoms. The van der Waals surface area contributed by atoms with Gasteiger partial charge in [0.2, 0.25) is 0 Å². The first kappa shape index (κ1) is 14.0. The van der Waals surface area contributed by atoms with E-state index in [9.17, 15) is 5.11 Å². The first-order chi connectivity index (χ1) is 10.3. The number of hydrogen-bond donors (Lipinski definition) is 1. The van der Waals surface area contributed by atoms with Crippen molar-refractivity contribution in [1.82, 2.24) is 15.0 Å². The minimum atomic E-state index is -0.496. The fourth-order valence-electron chi connectivity index (χ4n) is 2.03. The lowest BCUT2D eigenvalue weighted by atomic mass is 10.2. The summed E-state index contributed by atoms with van der Waals surface area (Å²) in [5, 5.41) is 11.7. The van der Waals surface area contributed by atoms with Gasteiger partial charge >= 0.3 is 0 Å². The number of benzene rings is 1. The average Bonchev–Trinajstić information content (AvgIpc) is 2.55. The normalized spacial score (nSPS) is 12.5. The van der Waals surface area contributed by atoms with Gasteiger partial charge in [0.15, 0.2) is 0 Å². The first-order valence-corrected chi connectivity index (χ1v) is 7.61. The Kier molecular flexibility index (Phi) is 4.13. The molecular formula is C16H15N3OS. The molecule has 1 N–H and O–H groups in total. The van der Waals surface area contributed by atoms with Crippen molar-refractivity contribution in [3.05, 3.63) is 54.6 Å². The number of pyridine rings is 1. The Morgan fingerprint density at radius 3 is 2.71 bits per heavy atom. The fourth-order valence-corrected chi connectivity index (χ4v) is 2.88. The number of aliphatic hydroxyl groups excluding tert-OH is 1. The van der Waals surface area contributed by atoms with Gasteiger partial charge in [-0.3, -0.25) is 4.98 Å². The van der Waals surface area contributed by atoms with Gasteiger partial charge in [-0.2, -0.15) is 0 Å². The smallest absolute Gasteiger partial charge is 0.117 e. The van der Waals surface area contributed by atoms with Crippen LogP contribution in [0.2, 0.25) is 0 Å². The summed E-state index contributed by atoms with van der Waals surface area (Å²) in [5.74, 6) is 0. The van der Waals surface area contributed by atoms with Gasteiger partial charge in [0.25, 0.3) is 0 Å². The number of nitrogens with zero attached hydrogens (tertiary/aromatic N) is 3. The van der Waals surface area contributed by atoms with Crippen LogP contribution in [0.5, 0.6) is 0 Å². The molecule has 0 spiro atoms. The molecule has 2 aromatic heterocycles. The Bertz CT molecular complexity index is 741. The molecule has 0 amide bonds. The Balaban J connectivity index is 1.88. The molecule has 5 heteroatoms. The topological polar surface area (TPSA) is 58.9 Å². The summed E-state index contributed by atoms with van der Waals surface area (Å²) in [6.07, 6.45) is 3.52. The second-order valence-electron chi connectivity index (χ2n) is 4.64. The third kappa shape index (κ3) is 3.04. The fraction of sp³-hybridized carbons (Fsp3) is 0.188. The van der Waals surface area contributed by atoms with Gasteiger partial charge in [0.05, 0.1) is 17.3 Å². The molecule has 4 nitrogen and oxygen atoms in total. The van der Waals surface area contributed by atoms with E-state index in [-0.39, 0.29) is 0 Å². The van der Waals surface area contributed by atoms with Crippen LogP contribution in [0.15, 0.2) is 58.8 Å². The standard InChI is InChI=1S/C16H15N3OS/c1-2-15(20)14-8-7-11(9-17-14)21-16-12-5-3-4-6-13(12)18-10-19-16/h3-10,15,20H,2H2,1H3/t15-/m0/s1. The van der Waals surface area contributed by atoms with E-state index in [4.69, 9.17) is 0 Å². The molecule has 0 aliphatic carbocycles. The van der Waals surface area contributed by atoms with E-state index in [0.717, 1.165) is 20.8 Å². The molecular weight excluding hydrogens is 282 g/mol. The summed E-state index contributed by atoms with van der Waals surface area (Å²) in [6.45, 7) is 1.93. The number of aliphatic hydroxyl groups is 1. The van der Waals surface area contributed by atoms with Crippen molar-refractivity contribution in [2.45, 2.75) is 29.4 Å². The van der Waals surface area contributed by atoms with Gasteiger partial charge in [0, 0.05) is 16.5 Å². The van der Waals surface area contributed by atoms with Crippen molar-refractivity contribution in [3.63, 3.8) is 0 Å². The molecule has 3 rings (SSSR count). The predicted molar refractivity (Wildman–Crippen MR) is 83.1 cm³/mol. The van der Waals surface area contributed by atoms with Crippen LogP contribution in [0.4, 0.5) is 0 Å². The lowest BCUT2D eigenvalue weighted by Gasteiger charge is -2.08. The molecule has 1 aromatic carbocycles. The van der Waals surface area contributed by atoms with Gasteiger partial charge in [0.1, 0.15) is 11.4 Å². The van der Waals surface area contributed by atoms with Crippen LogP contribution >= 0.6 is 11.8 Å². The Hall–Kier alpha value is -1.98. The highest BCUT2D eigenvalue weighted by atomic mass is 32.2. The Morgan fingerprint density at radius 1 is 1.10 bits per heavy atom. The van der Waals surface area contributed by atoms with E-state index in [1.54, 1.807) is 24.3 Å². The largest absolute Gasteiger partial charge is 0.387 e. The average molecular weight is 297 g/mol. The second-order valence-corrected chi connectivity index (χ2v) is 5.70. The molecule has 0 aliphatic rings. The quantitative estimate of drug-likeness (QED) is 0.745. The maximum Gasteiger partial charge on any atom is 0.117 e. The van der Waals surface area contributed by atoms with Crippen LogP contribution < -0.4 is 0 Å². The summed E-state index contributed by atoms with van der Waals surface area (Å²) in [5.41, 5.74) is 1.63. The van der Waals surface area contributed by atoms with Crippen LogP contribution in [0.3, 0.4) is 0 Å². The molecule has 0 radical (unpaired) electrons. The Morgan fingerprint density at radius 2 is 1.95 bits per heavy atom. The van der Waals surface area contributed by atoms with E-state index < -0.39 is 6.10 Å². The van der Waals surface area contributed by atoms with E-state index >= 15 is 0 Å². The molecule has 0 unspecified atom stereocenters. The predicted octanol–water partition coefficient (Wildman–Crippen LogP) is 3.62. The molecule has 21 heavy (non-hydrogen) atoms. The summed E-state index contributed by atoms with van der Waals surface area (Å²) in [4.78, 5) is 13.9. The molecule has 1 atom stereocenters. The van der Waals surface area contributed by atoms with Crippen LogP contribution in [0.1, 0.15) is 25.1 Å². The van der Waals surface area contributed by atoms with E-state index in [2.05, 4.69) is 15.0 Å². The number of fused-ring (bicyclic) bond motifs is 1. The third-order valence-electron chi connectivity index (χ3n) is 3.21. The van der Waals surface area contributed by atoms with Gasteiger partial charge in [-0.25, -0.2) is 9.97 Å². The second kappa shape index (κ2) is 6.20. The first-order valence-electron chi connectivity index (χ1n) is 6.79. The van der Waals surface area contributed by atoms with Crippen LogP contribution in [0.25, 0.3) is 10.9 Å². The highest BCUT2D eigenvalue weighted by molar-refractivity contribution is 7.99. The lowest BCUT2D eigenvalue weighted by molar-refractivity contribution is 0.169. The molecule has 2 heterocycles.